The third kappa shape index (κ3) is 2.30. The first-order valence-corrected chi connectivity index (χ1v) is 6.06. The molecule has 1 fully saturated rings. The average Bonchev–Trinajstić information content (AvgIpc) is 3.14. The lowest BCUT2D eigenvalue weighted by atomic mass is 9.96. The van der Waals surface area contributed by atoms with E-state index in [-0.39, 0.29) is 16.1 Å². The average molecular weight is 257 g/mol. The van der Waals surface area contributed by atoms with E-state index in [4.69, 9.17) is 17.3 Å². The fourth-order valence-electron chi connectivity index (χ4n) is 1.95. The molecule has 17 heavy (non-hydrogen) atoms. The molecule has 1 unspecified atom stereocenters. The third-order valence-electron chi connectivity index (χ3n) is 3.40. The van der Waals surface area contributed by atoms with Crippen molar-refractivity contribution in [1.29, 1.82) is 0 Å². The van der Waals surface area contributed by atoms with E-state index in [2.05, 4.69) is 17.3 Å². The Morgan fingerprint density at radius 1 is 1.71 bits per heavy atom. The van der Waals surface area contributed by atoms with Gasteiger partial charge in [-0.2, -0.15) is 5.10 Å². The summed E-state index contributed by atoms with van der Waals surface area (Å²) in [5, 5.41) is 7.39. The number of halogens is 1. The van der Waals surface area contributed by atoms with Crippen molar-refractivity contribution in [2.75, 3.05) is 11.9 Å². The summed E-state index contributed by atoms with van der Waals surface area (Å²) in [6.45, 7) is 2.56. The smallest absolute Gasteiger partial charge is 0.287 e. The highest BCUT2D eigenvalue weighted by molar-refractivity contribution is 6.32. The van der Waals surface area contributed by atoms with E-state index in [1.54, 1.807) is 13.2 Å². The van der Waals surface area contributed by atoms with Crippen molar-refractivity contribution in [3.8, 4) is 0 Å². The Kier molecular flexibility index (Phi) is 3.14. The molecule has 0 saturated heterocycles. The summed E-state index contributed by atoms with van der Waals surface area (Å²) in [5.41, 5.74) is 5.86. The number of hydrogen-bond donors (Lipinski definition) is 2. The van der Waals surface area contributed by atoms with Crippen molar-refractivity contribution in [3.05, 3.63) is 21.6 Å². The quantitative estimate of drug-likeness (QED) is 0.842. The molecule has 1 aliphatic carbocycles. The number of nitrogens with zero attached hydrogens (tertiary/aromatic N) is 2. The van der Waals surface area contributed by atoms with Gasteiger partial charge in [-0.1, -0.05) is 11.6 Å². The highest BCUT2D eigenvalue weighted by Crippen LogP contribution is 2.41. The standard InChI is InChI=1S/C11H17ClN4O/c1-11(6-13,7-3-4-7)15-8-5-14-16(2)10(17)9(8)12/h5,7,15H,3-4,6,13H2,1-2H3. The van der Waals surface area contributed by atoms with E-state index < -0.39 is 0 Å². The fourth-order valence-corrected chi connectivity index (χ4v) is 2.16. The molecule has 1 heterocycles. The maximum atomic E-state index is 11.6. The lowest BCUT2D eigenvalue weighted by Gasteiger charge is -2.30. The molecular formula is C11H17ClN4O. The summed E-state index contributed by atoms with van der Waals surface area (Å²) in [5.74, 6) is 0.549. The predicted octanol–water partition coefficient (Wildman–Crippen LogP) is 0.973. The monoisotopic (exact) mass is 256 g/mol. The molecule has 6 heteroatoms. The van der Waals surface area contributed by atoms with E-state index in [0.29, 0.717) is 18.2 Å². The van der Waals surface area contributed by atoms with Gasteiger partial charge in [-0.25, -0.2) is 4.68 Å². The predicted molar refractivity (Wildman–Crippen MR) is 68.3 cm³/mol. The van der Waals surface area contributed by atoms with Gasteiger partial charge in [0, 0.05) is 19.1 Å². The largest absolute Gasteiger partial charge is 0.376 e. The highest BCUT2D eigenvalue weighted by Gasteiger charge is 2.40. The van der Waals surface area contributed by atoms with Crippen LogP contribution in [-0.2, 0) is 7.05 Å². The van der Waals surface area contributed by atoms with Crippen molar-refractivity contribution in [2.24, 2.45) is 18.7 Å². The number of rotatable bonds is 4. The molecule has 1 atom stereocenters. The Morgan fingerprint density at radius 2 is 2.35 bits per heavy atom. The molecule has 0 aliphatic heterocycles. The summed E-state index contributed by atoms with van der Waals surface area (Å²) >= 11 is 6.01. The topological polar surface area (TPSA) is 72.9 Å². The van der Waals surface area contributed by atoms with Gasteiger partial charge in [0.2, 0.25) is 0 Å². The number of aryl methyl sites for hydroxylation is 1. The Balaban J connectivity index is 2.29. The van der Waals surface area contributed by atoms with Gasteiger partial charge >= 0.3 is 0 Å². The molecule has 0 aromatic carbocycles. The molecule has 0 amide bonds. The van der Waals surface area contributed by atoms with Crippen LogP contribution in [-0.4, -0.2) is 21.9 Å². The van der Waals surface area contributed by atoms with Crippen LogP contribution in [0.4, 0.5) is 5.69 Å². The molecule has 1 saturated carbocycles. The number of hydrogen-bond acceptors (Lipinski definition) is 4. The minimum atomic E-state index is -0.299. The minimum absolute atomic E-state index is 0.169. The van der Waals surface area contributed by atoms with Gasteiger partial charge in [-0.05, 0) is 25.7 Å². The van der Waals surface area contributed by atoms with Crippen LogP contribution in [0.5, 0.6) is 0 Å². The van der Waals surface area contributed by atoms with Crippen LogP contribution in [0, 0.1) is 5.92 Å². The second kappa shape index (κ2) is 4.31. The molecular weight excluding hydrogens is 240 g/mol. The Morgan fingerprint density at radius 3 is 2.88 bits per heavy atom. The van der Waals surface area contributed by atoms with Gasteiger partial charge < -0.3 is 11.1 Å². The molecule has 1 aromatic heterocycles. The molecule has 94 valence electrons. The summed E-state index contributed by atoms with van der Waals surface area (Å²) in [6, 6.07) is 0. The maximum absolute atomic E-state index is 11.6. The first-order valence-electron chi connectivity index (χ1n) is 5.68. The molecule has 2 rings (SSSR count). The zero-order chi connectivity index (χ0) is 12.6. The Hall–Kier alpha value is -1.07. The van der Waals surface area contributed by atoms with Crippen LogP contribution < -0.4 is 16.6 Å². The maximum Gasteiger partial charge on any atom is 0.287 e. The third-order valence-corrected chi connectivity index (χ3v) is 3.77. The van der Waals surface area contributed by atoms with E-state index in [1.165, 1.54) is 4.68 Å². The van der Waals surface area contributed by atoms with E-state index in [1.807, 2.05) is 0 Å². The first kappa shape index (κ1) is 12.4. The molecule has 0 radical (unpaired) electrons. The second-order valence-electron chi connectivity index (χ2n) is 4.82. The molecule has 3 N–H and O–H groups in total. The van der Waals surface area contributed by atoms with Crippen LogP contribution >= 0.6 is 11.6 Å². The lowest BCUT2D eigenvalue weighted by molar-refractivity contribution is 0.459. The van der Waals surface area contributed by atoms with Gasteiger partial charge in [0.15, 0.2) is 0 Å². The zero-order valence-corrected chi connectivity index (χ0v) is 10.8. The summed E-state index contributed by atoms with van der Waals surface area (Å²) < 4.78 is 1.21. The van der Waals surface area contributed by atoms with Gasteiger partial charge in [0.25, 0.3) is 5.56 Å². The van der Waals surface area contributed by atoms with E-state index in [9.17, 15) is 4.79 Å². The van der Waals surface area contributed by atoms with Crippen molar-refractivity contribution >= 4 is 17.3 Å². The van der Waals surface area contributed by atoms with Gasteiger partial charge in [-0.15, -0.1) is 0 Å². The minimum Gasteiger partial charge on any atom is -0.376 e. The van der Waals surface area contributed by atoms with Gasteiger partial charge in [-0.3, -0.25) is 4.79 Å². The van der Waals surface area contributed by atoms with Crippen molar-refractivity contribution < 1.29 is 0 Å². The van der Waals surface area contributed by atoms with Crippen LogP contribution in [0.15, 0.2) is 11.0 Å². The Bertz CT molecular complexity index is 483. The number of anilines is 1. The fraction of sp³-hybridized carbons (Fsp3) is 0.636. The van der Waals surface area contributed by atoms with Crippen LogP contribution in [0.2, 0.25) is 5.02 Å². The van der Waals surface area contributed by atoms with E-state index in [0.717, 1.165) is 12.8 Å². The SMILES string of the molecule is Cn1ncc(NC(C)(CN)C2CC2)c(Cl)c1=O. The number of aromatic nitrogens is 2. The van der Waals surface area contributed by atoms with Crippen LogP contribution in [0.1, 0.15) is 19.8 Å². The van der Waals surface area contributed by atoms with Crippen molar-refractivity contribution in [1.82, 2.24) is 9.78 Å². The molecule has 0 bridgehead atoms. The van der Waals surface area contributed by atoms with Crippen LogP contribution in [0.3, 0.4) is 0 Å². The first-order chi connectivity index (χ1) is 7.98. The number of nitrogens with two attached hydrogens (primary N) is 1. The lowest BCUT2D eigenvalue weighted by Crippen LogP contribution is -2.45. The van der Waals surface area contributed by atoms with Crippen molar-refractivity contribution in [2.45, 2.75) is 25.3 Å². The summed E-state index contributed by atoms with van der Waals surface area (Å²) in [7, 11) is 1.57. The second-order valence-corrected chi connectivity index (χ2v) is 5.20. The van der Waals surface area contributed by atoms with E-state index >= 15 is 0 Å². The normalized spacial score (nSPS) is 18.8. The number of nitrogens with one attached hydrogen (secondary N) is 1. The molecule has 5 nitrogen and oxygen atoms in total. The Labute approximate surface area is 105 Å². The summed E-state index contributed by atoms with van der Waals surface area (Å²) in [4.78, 5) is 11.6. The zero-order valence-electron chi connectivity index (χ0n) is 10.0. The molecule has 1 aromatic rings. The molecule has 1 aliphatic rings. The molecule has 0 spiro atoms. The highest BCUT2D eigenvalue weighted by atomic mass is 35.5. The van der Waals surface area contributed by atoms with Gasteiger partial charge in [0.05, 0.1) is 11.9 Å². The summed E-state index contributed by atoms with van der Waals surface area (Å²) in [6.07, 6.45) is 3.90. The van der Waals surface area contributed by atoms with Gasteiger partial charge in [0.1, 0.15) is 5.02 Å². The van der Waals surface area contributed by atoms with Crippen molar-refractivity contribution in [3.63, 3.8) is 0 Å². The van der Waals surface area contributed by atoms with Crippen LogP contribution in [0.25, 0.3) is 0 Å².